The van der Waals surface area contributed by atoms with E-state index in [-0.39, 0.29) is 16.4 Å². The molecule has 36 heavy (non-hydrogen) atoms. The SMILES string of the molecule is O=C1/C(=C/c2ccc([N+](=O)[O-])cc2)C(=O)N(c2nc(-c3ccccc3)cs2)C(=S)N1c1ccccc1. The molecule has 0 N–H and O–H groups in total. The van der Waals surface area contributed by atoms with E-state index in [1.165, 1.54) is 51.5 Å². The van der Waals surface area contributed by atoms with Gasteiger partial charge in [-0.05, 0) is 48.1 Å². The number of carbonyl (C=O) groups is 2. The molecule has 8 nitrogen and oxygen atoms in total. The number of thiazole rings is 1. The molecule has 0 atom stereocenters. The number of anilines is 2. The Morgan fingerprint density at radius 1 is 0.861 bits per heavy atom. The van der Waals surface area contributed by atoms with Gasteiger partial charge in [-0.25, -0.2) is 9.88 Å². The Bertz CT molecular complexity index is 1520. The first kappa shape index (κ1) is 23.2. The molecule has 1 aliphatic rings. The fourth-order valence-corrected chi connectivity index (χ4v) is 4.92. The molecule has 0 radical (unpaired) electrons. The van der Waals surface area contributed by atoms with Gasteiger partial charge in [-0.15, -0.1) is 11.3 Å². The highest BCUT2D eigenvalue weighted by atomic mass is 32.1. The molecule has 0 bridgehead atoms. The van der Waals surface area contributed by atoms with Crippen LogP contribution in [0.2, 0.25) is 0 Å². The first-order chi connectivity index (χ1) is 17.4. The van der Waals surface area contributed by atoms with Gasteiger partial charge in [0.2, 0.25) is 0 Å². The van der Waals surface area contributed by atoms with Crippen LogP contribution in [0.4, 0.5) is 16.5 Å². The number of thiocarbonyl (C=S) groups is 1. The molecule has 2 amide bonds. The van der Waals surface area contributed by atoms with Crippen molar-refractivity contribution in [2.75, 3.05) is 9.80 Å². The van der Waals surface area contributed by atoms with E-state index in [0.29, 0.717) is 22.1 Å². The summed E-state index contributed by atoms with van der Waals surface area (Å²) in [4.78, 5) is 44.8. The summed E-state index contributed by atoms with van der Waals surface area (Å²) in [7, 11) is 0. The van der Waals surface area contributed by atoms with Crippen LogP contribution in [-0.2, 0) is 9.59 Å². The van der Waals surface area contributed by atoms with E-state index in [1.54, 1.807) is 24.3 Å². The molecule has 0 aliphatic carbocycles. The number of non-ortho nitro benzene ring substituents is 1. The lowest BCUT2D eigenvalue weighted by molar-refractivity contribution is -0.384. The van der Waals surface area contributed by atoms with Crippen LogP contribution in [0.15, 0.2) is 95.9 Å². The van der Waals surface area contributed by atoms with Crippen molar-refractivity contribution in [3.8, 4) is 11.3 Å². The monoisotopic (exact) mass is 512 g/mol. The molecule has 1 fully saturated rings. The van der Waals surface area contributed by atoms with E-state index < -0.39 is 16.7 Å². The van der Waals surface area contributed by atoms with E-state index in [2.05, 4.69) is 4.98 Å². The van der Waals surface area contributed by atoms with E-state index in [4.69, 9.17) is 12.2 Å². The molecule has 10 heteroatoms. The van der Waals surface area contributed by atoms with Gasteiger partial charge in [-0.3, -0.25) is 24.6 Å². The summed E-state index contributed by atoms with van der Waals surface area (Å²) in [6.07, 6.45) is 1.41. The zero-order chi connectivity index (χ0) is 25.2. The van der Waals surface area contributed by atoms with Gasteiger partial charge in [-0.1, -0.05) is 48.5 Å². The van der Waals surface area contributed by atoms with Crippen LogP contribution < -0.4 is 9.80 Å². The second kappa shape index (κ2) is 9.61. The fraction of sp³-hybridized carbons (Fsp3) is 0. The molecule has 0 unspecified atom stereocenters. The zero-order valence-electron chi connectivity index (χ0n) is 18.5. The lowest BCUT2D eigenvalue weighted by atomic mass is 10.1. The van der Waals surface area contributed by atoms with Crippen molar-refractivity contribution in [3.05, 3.63) is 112 Å². The molecule has 3 aromatic carbocycles. The fourth-order valence-electron chi connectivity index (χ4n) is 3.67. The normalized spacial score (nSPS) is 15.0. The molecule has 2 heterocycles. The van der Waals surface area contributed by atoms with Gasteiger partial charge in [0, 0.05) is 23.1 Å². The quantitative estimate of drug-likeness (QED) is 0.116. The lowest BCUT2D eigenvalue weighted by Gasteiger charge is -2.35. The summed E-state index contributed by atoms with van der Waals surface area (Å²) in [5, 5.41) is 13.1. The van der Waals surface area contributed by atoms with Crippen molar-refractivity contribution in [3.63, 3.8) is 0 Å². The van der Waals surface area contributed by atoms with Gasteiger partial charge >= 0.3 is 0 Å². The van der Waals surface area contributed by atoms with Gasteiger partial charge in [0.15, 0.2) is 10.2 Å². The standard InChI is InChI=1S/C26H16N4O4S2/c31-23-21(15-17-11-13-20(14-12-17)30(33)34)24(32)29(26(35)28(23)19-9-5-2-6-10-19)25-27-22(16-36-25)18-7-3-1-4-8-18/h1-16H/b21-15-. The summed E-state index contributed by atoms with van der Waals surface area (Å²) in [6.45, 7) is 0. The maximum absolute atomic E-state index is 13.6. The van der Waals surface area contributed by atoms with Crippen molar-refractivity contribution in [1.82, 2.24) is 4.98 Å². The van der Waals surface area contributed by atoms with Crippen LogP contribution in [0.3, 0.4) is 0 Å². The number of amides is 2. The Morgan fingerprint density at radius 3 is 2.11 bits per heavy atom. The van der Waals surface area contributed by atoms with Gasteiger partial charge in [0.25, 0.3) is 17.5 Å². The van der Waals surface area contributed by atoms with Crippen LogP contribution in [0.5, 0.6) is 0 Å². The van der Waals surface area contributed by atoms with Crippen molar-refractivity contribution in [2.24, 2.45) is 0 Å². The van der Waals surface area contributed by atoms with E-state index in [1.807, 2.05) is 41.8 Å². The molecule has 4 aromatic rings. The third-order valence-electron chi connectivity index (χ3n) is 5.43. The second-order valence-electron chi connectivity index (χ2n) is 7.69. The number of benzene rings is 3. The maximum atomic E-state index is 13.6. The predicted molar refractivity (Wildman–Crippen MR) is 143 cm³/mol. The van der Waals surface area contributed by atoms with Crippen molar-refractivity contribution < 1.29 is 14.5 Å². The third kappa shape index (κ3) is 4.30. The molecule has 1 aromatic heterocycles. The Labute approximate surface area is 214 Å². The van der Waals surface area contributed by atoms with Crippen LogP contribution in [0.25, 0.3) is 17.3 Å². The average Bonchev–Trinajstić information content (AvgIpc) is 3.38. The lowest BCUT2D eigenvalue weighted by Crippen LogP contribution is -2.56. The number of nitro benzene ring substituents is 1. The largest absolute Gasteiger partial charge is 0.272 e. The number of hydrogen-bond donors (Lipinski definition) is 0. The topological polar surface area (TPSA) is 96.6 Å². The second-order valence-corrected chi connectivity index (χ2v) is 8.89. The molecule has 176 valence electrons. The number of aromatic nitrogens is 1. The van der Waals surface area contributed by atoms with E-state index >= 15 is 0 Å². The van der Waals surface area contributed by atoms with Gasteiger partial charge < -0.3 is 0 Å². The number of rotatable bonds is 5. The summed E-state index contributed by atoms with van der Waals surface area (Å²) < 4.78 is 0. The van der Waals surface area contributed by atoms with Crippen molar-refractivity contribution >= 4 is 63.1 Å². The zero-order valence-corrected chi connectivity index (χ0v) is 20.1. The Morgan fingerprint density at radius 2 is 1.47 bits per heavy atom. The van der Waals surface area contributed by atoms with Crippen LogP contribution >= 0.6 is 23.6 Å². The number of hydrogen-bond acceptors (Lipinski definition) is 7. The van der Waals surface area contributed by atoms with E-state index in [0.717, 1.165) is 5.56 Å². The summed E-state index contributed by atoms with van der Waals surface area (Å²) in [5.74, 6) is -1.21. The molecule has 5 rings (SSSR count). The summed E-state index contributed by atoms with van der Waals surface area (Å²) >= 11 is 6.87. The molecule has 0 saturated carbocycles. The predicted octanol–water partition coefficient (Wildman–Crippen LogP) is 5.47. The van der Waals surface area contributed by atoms with E-state index in [9.17, 15) is 19.7 Å². The Kier molecular flexibility index (Phi) is 6.19. The minimum Gasteiger partial charge on any atom is -0.268 e. The van der Waals surface area contributed by atoms with Crippen LogP contribution in [-0.4, -0.2) is 26.8 Å². The minimum atomic E-state index is -0.621. The first-order valence-corrected chi connectivity index (χ1v) is 12.0. The van der Waals surface area contributed by atoms with Gasteiger partial charge in [0.05, 0.1) is 16.3 Å². The minimum absolute atomic E-state index is 0.00832. The molecule has 1 saturated heterocycles. The maximum Gasteiger partial charge on any atom is 0.272 e. The first-order valence-electron chi connectivity index (χ1n) is 10.7. The number of nitrogens with zero attached hydrogens (tertiary/aromatic N) is 4. The smallest absolute Gasteiger partial charge is 0.268 e. The molecular formula is C26H16N4O4S2. The summed E-state index contributed by atoms with van der Waals surface area (Å²) in [6, 6.07) is 23.9. The molecule has 1 aliphatic heterocycles. The Hall–Kier alpha value is -4.54. The highest BCUT2D eigenvalue weighted by Gasteiger charge is 2.42. The molecular weight excluding hydrogens is 496 g/mol. The Balaban J connectivity index is 1.60. The number of nitro groups is 1. The van der Waals surface area contributed by atoms with Crippen LogP contribution in [0.1, 0.15) is 5.56 Å². The summed E-state index contributed by atoms with van der Waals surface area (Å²) in [5.41, 5.74) is 2.28. The third-order valence-corrected chi connectivity index (χ3v) is 6.62. The van der Waals surface area contributed by atoms with Crippen molar-refractivity contribution in [1.29, 1.82) is 0 Å². The number of carbonyl (C=O) groups excluding carboxylic acids is 2. The highest BCUT2D eigenvalue weighted by molar-refractivity contribution is 7.81. The highest BCUT2D eigenvalue weighted by Crippen LogP contribution is 2.33. The number of para-hydroxylation sites is 1. The van der Waals surface area contributed by atoms with Gasteiger partial charge in [0.1, 0.15) is 5.57 Å². The van der Waals surface area contributed by atoms with Crippen LogP contribution in [0, 0.1) is 10.1 Å². The molecule has 0 spiro atoms. The average molecular weight is 513 g/mol. The van der Waals surface area contributed by atoms with Crippen molar-refractivity contribution in [2.45, 2.75) is 0 Å². The van der Waals surface area contributed by atoms with Gasteiger partial charge in [-0.2, -0.15) is 0 Å².